The van der Waals surface area contributed by atoms with Crippen LogP contribution in [0.15, 0.2) is 18.2 Å². The lowest BCUT2D eigenvalue weighted by Crippen LogP contribution is -2.44. The molecule has 3 N–H and O–H groups in total. The molecule has 4 rings (SSSR count). The molecule has 1 aliphatic carbocycles. The van der Waals surface area contributed by atoms with Gasteiger partial charge in [-0.2, -0.15) is 5.10 Å². The first-order chi connectivity index (χ1) is 10.8. The fourth-order valence-electron chi connectivity index (χ4n) is 4.34. The summed E-state index contributed by atoms with van der Waals surface area (Å²) in [4.78, 5) is 12.8. The van der Waals surface area contributed by atoms with Crippen molar-refractivity contribution in [2.45, 2.75) is 33.2 Å². The van der Waals surface area contributed by atoms with Crippen LogP contribution in [0.25, 0.3) is 10.9 Å². The SMILES string of the molecule is Cc1cccc2c(C(C)(C)NC(=O)C3C4CNCC43C)n[nH]c12. The molecule has 0 spiro atoms. The molecule has 122 valence electrons. The van der Waals surface area contributed by atoms with Crippen LogP contribution in [0, 0.1) is 24.2 Å². The van der Waals surface area contributed by atoms with Crippen LogP contribution in [-0.4, -0.2) is 29.2 Å². The number of rotatable bonds is 3. The summed E-state index contributed by atoms with van der Waals surface area (Å²) in [6, 6.07) is 6.16. The normalized spacial score (nSPS) is 29.6. The minimum atomic E-state index is -0.496. The Morgan fingerprint density at radius 3 is 2.91 bits per heavy atom. The van der Waals surface area contributed by atoms with Crippen LogP contribution in [0.3, 0.4) is 0 Å². The lowest BCUT2D eigenvalue weighted by Gasteiger charge is -2.26. The zero-order valence-electron chi connectivity index (χ0n) is 14.2. The second-order valence-corrected chi connectivity index (χ2v) is 7.90. The smallest absolute Gasteiger partial charge is 0.224 e. The number of amides is 1. The Hall–Kier alpha value is -1.88. The largest absolute Gasteiger partial charge is 0.345 e. The van der Waals surface area contributed by atoms with Crippen molar-refractivity contribution in [1.82, 2.24) is 20.8 Å². The molecule has 2 fully saturated rings. The molecule has 2 aromatic rings. The van der Waals surface area contributed by atoms with E-state index in [1.54, 1.807) is 0 Å². The van der Waals surface area contributed by atoms with Crippen molar-refractivity contribution < 1.29 is 4.79 Å². The third-order valence-electron chi connectivity index (χ3n) is 5.84. The topological polar surface area (TPSA) is 69.8 Å². The van der Waals surface area contributed by atoms with E-state index < -0.39 is 5.54 Å². The highest BCUT2D eigenvalue weighted by molar-refractivity contribution is 5.87. The van der Waals surface area contributed by atoms with E-state index in [-0.39, 0.29) is 17.2 Å². The number of hydrogen-bond donors (Lipinski definition) is 3. The molecule has 23 heavy (non-hydrogen) atoms. The molecule has 5 nitrogen and oxygen atoms in total. The molecule has 1 aliphatic heterocycles. The number of aromatic amines is 1. The Balaban J connectivity index is 1.60. The third-order valence-corrected chi connectivity index (χ3v) is 5.84. The maximum atomic E-state index is 12.8. The number of hydrogen-bond acceptors (Lipinski definition) is 3. The Kier molecular flexibility index (Phi) is 2.92. The van der Waals surface area contributed by atoms with Crippen LogP contribution in [0.4, 0.5) is 0 Å². The number of nitrogens with zero attached hydrogens (tertiary/aromatic N) is 1. The van der Waals surface area contributed by atoms with Crippen LogP contribution in [0.5, 0.6) is 0 Å². The molecule has 3 unspecified atom stereocenters. The highest BCUT2D eigenvalue weighted by atomic mass is 16.2. The molecular weight excluding hydrogens is 288 g/mol. The van der Waals surface area contributed by atoms with Crippen molar-refractivity contribution in [1.29, 1.82) is 0 Å². The molecule has 1 aromatic carbocycles. The summed E-state index contributed by atoms with van der Waals surface area (Å²) < 4.78 is 0. The number of fused-ring (bicyclic) bond motifs is 2. The molecule has 1 saturated carbocycles. The van der Waals surface area contributed by atoms with Gasteiger partial charge in [0.15, 0.2) is 0 Å². The zero-order valence-corrected chi connectivity index (χ0v) is 14.2. The van der Waals surface area contributed by atoms with Gasteiger partial charge in [-0.3, -0.25) is 9.89 Å². The van der Waals surface area contributed by atoms with Gasteiger partial charge in [0.1, 0.15) is 0 Å². The van der Waals surface area contributed by atoms with Crippen molar-refractivity contribution in [2.75, 3.05) is 13.1 Å². The first-order valence-electron chi connectivity index (χ1n) is 8.31. The van der Waals surface area contributed by atoms with E-state index in [1.165, 1.54) is 5.56 Å². The first kappa shape index (κ1) is 14.7. The Bertz CT molecular complexity index is 793. The standard InChI is InChI=1S/C18H24N4O/c1-10-6-5-7-11-14(10)21-22-15(11)17(2,3)20-16(23)13-12-8-19-9-18(12,13)4/h5-7,12-13,19H,8-9H2,1-4H3,(H,20,23)(H,21,22). The molecule has 5 heteroatoms. The van der Waals surface area contributed by atoms with Gasteiger partial charge in [0.25, 0.3) is 0 Å². The number of para-hydroxylation sites is 1. The Morgan fingerprint density at radius 1 is 1.43 bits per heavy atom. The summed E-state index contributed by atoms with van der Waals surface area (Å²) in [6.07, 6.45) is 0. The second kappa shape index (κ2) is 4.57. The van der Waals surface area contributed by atoms with Gasteiger partial charge in [-0.15, -0.1) is 0 Å². The van der Waals surface area contributed by atoms with Crippen molar-refractivity contribution >= 4 is 16.8 Å². The number of piperidine rings is 1. The number of benzene rings is 1. The molecule has 2 aliphatic rings. The molecule has 1 amide bonds. The number of aryl methyl sites for hydroxylation is 1. The highest BCUT2D eigenvalue weighted by Crippen LogP contribution is 2.60. The Morgan fingerprint density at radius 2 is 2.22 bits per heavy atom. The van der Waals surface area contributed by atoms with Crippen molar-refractivity contribution in [3.8, 4) is 0 Å². The maximum absolute atomic E-state index is 12.8. The summed E-state index contributed by atoms with van der Waals surface area (Å²) in [5.41, 5.74) is 2.76. The van der Waals surface area contributed by atoms with E-state index in [0.29, 0.717) is 5.92 Å². The molecule has 0 radical (unpaired) electrons. The van der Waals surface area contributed by atoms with Gasteiger partial charge >= 0.3 is 0 Å². The summed E-state index contributed by atoms with van der Waals surface area (Å²) in [5.74, 6) is 0.777. The molecule has 0 bridgehead atoms. The summed E-state index contributed by atoms with van der Waals surface area (Å²) in [7, 11) is 0. The minimum absolute atomic E-state index is 0.134. The van der Waals surface area contributed by atoms with Gasteiger partial charge in [-0.1, -0.05) is 25.1 Å². The average Bonchev–Trinajstić information content (AvgIpc) is 2.83. The Labute approximate surface area is 136 Å². The number of aromatic nitrogens is 2. The highest BCUT2D eigenvalue weighted by Gasteiger charge is 2.67. The van der Waals surface area contributed by atoms with E-state index in [0.717, 1.165) is 29.7 Å². The number of nitrogens with one attached hydrogen (secondary N) is 3. The molecule has 2 heterocycles. The van der Waals surface area contributed by atoms with Gasteiger partial charge in [0.2, 0.25) is 5.91 Å². The van der Waals surface area contributed by atoms with Crippen LogP contribution in [0.2, 0.25) is 0 Å². The van der Waals surface area contributed by atoms with Crippen molar-refractivity contribution in [3.05, 3.63) is 29.5 Å². The average molecular weight is 312 g/mol. The lowest BCUT2D eigenvalue weighted by atomic mass is 9.95. The van der Waals surface area contributed by atoms with Crippen LogP contribution in [-0.2, 0) is 10.3 Å². The monoisotopic (exact) mass is 312 g/mol. The molecule has 1 saturated heterocycles. The van der Waals surface area contributed by atoms with Crippen LogP contribution in [0.1, 0.15) is 32.0 Å². The van der Waals surface area contributed by atoms with E-state index in [4.69, 9.17) is 0 Å². The lowest BCUT2D eigenvalue weighted by molar-refractivity contribution is -0.125. The number of H-pyrrole nitrogens is 1. The number of carbonyl (C=O) groups excluding carboxylic acids is 1. The number of carbonyl (C=O) groups is 1. The van der Waals surface area contributed by atoms with Crippen molar-refractivity contribution in [2.24, 2.45) is 17.3 Å². The van der Waals surface area contributed by atoms with E-state index >= 15 is 0 Å². The molecule has 1 aromatic heterocycles. The quantitative estimate of drug-likeness (QED) is 0.813. The predicted molar refractivity (Wildman–Crippen MR) is 90.0 cm³/mol. The van der Waals surface area contributed by atoms with Crippen molar-refractivity contribution in [3.63, 3.8) is 0 Å². The second-order valence-electron chi connectivity index (χ2n) is 7.90. The maximum Gasteiger partial charge on any atom is 0.224 e. The van der Waals surface area contributed by atoms with E-state index in [2.05, 4.69) is 46.8 Å². The zero-order chi connectivity index (χ0) is 16.4. The van der Waals surface area contributed by atoms with Crippen LogP contribution < -0.4 is 10.6 Å². The van der Waals surface area contributed by atoms with Gasteiger partial charge in [0, 0.05) is 17.8 Å². The predicted octanol–water partition coefficient (Wildman–Crippen LogP) is 2.08. The van der Waals surface area contributed by atoms with Gasteiger partial charge in [-0.25, -0.2) is 0 Å². The summed E-state index contributed by atoms with van der Waals surface area (Å²) in [5, 5.41) is 15.3. The first-order valence-corrected chi connectivity index (χ1v) is 8.31. The van der Waals surface area contributed by atoms with E-state index in [9.17, 15) is 4.79 Å². The summed E-state index contributed by atoms with van der Waals surface area (Å²) >= 11 is 0. The molecule has 3 atom stereocenters. The fraction of sp³-hybridized carbons (Fsp3) is 0.556. The molecular formula is C18H24N4O. The summed E-state index contributed by atoms with van der Waals surface area (Å²) in [6.45, 7) is 10.2. The van der Waals surface area contributed by atoms with Gasteiger partial charge in [-0.05, 0) is 44.2 Å². The van der Waals surface area contributed by atoms with E-state index in [1.807, 2.05) is 19.9 Å². The van der Waals surface area contributed by atoms with Gasteiger partial charge < -0.3 is 10.6 Å². The van der Waals surface area contributed by atoms with Crippen LogP contribution >= 0.6 is 0 Å². The third kappa shape index (κ3) is 2.02. The van der Waals surface area contributed by atoms with Gasteiger partial charge in [0.05, 0.1) is 16.7 Å². The minimum Gasteiger partial charge on any atom is -0.345 e. The fourth-order valence-corrected chi connectivity index (χ4v) is 4.34.